The van der Waals surface area contributed by atoms with Crippen LogP contribution in [0.2, 0.25) is 0 Å². The number of hydrogen-bond acceptors (Lipinski definition) is 3. The van der Waals surface area contributed by atoms with Gasteiger partial charge >= 0.3 is 0 Å². The molecule has 2 atom stereocenters. The van der Waals surface area contributed by atoms with Crippen LogP contribution in [-0.2, 0) is 11.2 Å². The van der Waals surface area contributed by atoms with Crippen LogP contribution in [0, 0.1) is 0 Å². The maximum Gasteiger partial charge on any atom is 0.0667 e. The minimum absolute atomic E-state index is 0.262. The molecule has 0 bridgehead atoms. The molecule has 0 saturated heterocycles. The van der Waals surface area contributed by atoms with Gasteiger partial charge in [-0.05, 0) is 31.4 Å². The van der Waals surface area contributed by atoms with Crippen LogP contribution < -0.4 is 5.32 Å². The summed E-state index contributed by atoms with van der Waals surface area (Å²) >= 11 is 0. The summed E-state index contributed by atoms with van der Waals surface area (Å²) in [5.41, 5.74) is 2.61. The molecule has 3 heteroatoms. The normalized spacial score (nSPS) is 21.3. The Hall–Kier alpha value is -0.930. The average molecular weight is 206 g/mol. The van der Waals surface area contributed by atoms with Crippen molar-refractivity contribution in [3.05, 3.63) is 29.6 Å². The van der Waals surface area contributed by atoms with E-state index in [4.69, 9.17) is 4.74 Å². The summed E-state index contributed by atoms with van der Waals surface area (Å²) in [7, 11) is 1.74. The molecule has 0 fully saturated rings. The van der Waals surface area contributed by atoms with E-state index in [9.17, 15) is 0 Å². The maximum absolute atomic E-state index is 5.22. The second kappa shape index (κ2) is 4.73. The Balaban J connectivity index is 1.96. The van der Waals surface area contributed by atoms with Crippen molar-refractivity contribution in [1.29, 1.82) is 0 Å². The van der Waals surface area contributed by atoms with Crippen molar-refractivity contribution in [2.45, 2.75) is 31.9 Å². The number of methoxy groups -OCH3 is 1. The van der Waals surface area contributed by atoms with Crippen molar-refractivity contribution in [3.8, 4) is 0 Å². The summed E-state index contributed by atoms with van der Waals surface area (Å²) in [6, 6.07) is 4.60. The summed E-state index contributed by atoms with van der Waals surface area (Å²) in [6.07, 6.45) is 4.43. The van der Waals surface area contributed by atoms with Crippen molar-refractivity contribution in [2.24, 2.45) is 0 Å². The highest BCUT2D eigenvalue weighted by molar-refractivity contribution is 5.27. The Morgan fingerprint density at radius 3 is 3.33 bits per heavy atom. The van der Waals surface area contributed by atoms with Crippen molar-refractivity contribution < 1.29 is 4.74 Å². The van der Waals surface area contributed by atoms with Gasteiger partial charge in [0.25, 0.3) is 0 Å². The zero-order valence-corrected chi connectivity index (χ0v) is 9.36. The van der Waals surface area contributed by atoms with E-state index in [0.29, 0.717) is 6.04 Å². The average Bonchev–Trinajstić information content (AvgIpc) is 2.69. The molecule has 0 aliphatic heterocycles. The van der Waals surface area contributed by atoms with Gasteiger partial charge in [-0.1, -0.05) is 6.07 Å². The minimum Gasteiger partial charge on any atom is -0.380 e. The number of hydrogen-bond donors (Lipinski definition) is 1. The molecular weight excluding hydrogens is 188 g/mol. The van der Waals surface area contributed by atoms with Gasteiger partial charge in [0.1, 0.15) is 0 Å². The largest absolute Gasteiger partial charge is 0.380 e. The molecule has 1 aliphatic rings. The number of pyridine rings is 1. The summed E-state index contributed by atoms with van der Waals surface area (Å²) in [6.45, 7) is 2.96. The van der Waals surface area contributed by atoms with Crippen LogP contribution in [0.3, 0.4) is 0 Å². The van der Waals surface area contributed by atoms with Gasteiger partial charge in [0.05, 0.1) is 17.8 Å². The fourth-order valence-electron chi connectivity index (χ4n) is 2.00. The third kappa shape index (κ3) is 2.36. The zero-order valence-electron chi connectivity index (χ0n) is 9.36. The predicted octanol–water partition coefficient (Wildman–Crippen LogP) is 1.69. The number of nitrogens with one attached hydrogen (secondary N) is 1. The third-order valence-electron chi connectivity index (χ3n) is 3.01. The number of nitrogens with zero attached hydrogens (tertiary/aromatic N) is 1. The lowest BCUT2D eigenvalue weighted by Crippen LogP contribution is -2.29. The summed E-state index contributed by atoms with van der Waals surface area (Å²) < 4.78 is 5.22. The molecule has 0 amide bonds. The molecule has 1 aliphatic carbocycles. The number of aryl methyl sites for hydroxylation is 1. The fourth-order valence-corrected chi connectivity index (χ4v) is 2.00. The summed E-state index contributed by atoms with van der Waals surface area (Å²) in [5, 5.41) is 3.50. The van der Waals surface area contributed by atoms with Gasteiger partial charge in [-0.25, -0.2) is 0 Å². The lowest BCUT2D eigenvalue weighted by Gasteiger charge is -2.16. The first-order valence-corrected chi connectivity index (χ1v) is 5.51. The Morgan fingerprint density at radius 2 is 2.53 bits per heavy atom. The minimum atomic E-state index is 0.262. The van der Waals surface area contributed by atoms with E-state index in [1.807, 2.05) is 12.3 Å². The molecule has 2 rings (SSSR count). The second-order valence-corrected chi connectivity index (χ2v) is 4.09. The van der Waals surface area contributed by atoms with E-state index >= 15 is 0 Å². The molecule has 2 unspecified atom stereocenters. The van der Waals surface area contributed by atoms with Gasteiger partial charge < -0.3 is 10.1 Å². The lowest BCUT2D eigenvalue weighted by atomic mass is 10.2. The van der Waals surface area contributed by atoms with Crippen molar-refractivity contribution in [2.75, 3.05) is 13.7 Å². The van der Waals surface area contributed by atoms with Gasteiger partial charge in [0, 0.05) is 19.9 Å². The van der Waals surface area contributed by atoms with Crippen LogP contribution in [0.4, 0.5) is 0 Å². The van der Waals surface area contributed by atoms with Crippen molar-refractivity contribution >= 4 is 0 Å². The molecule has 0 saturated carbocycles. The quantitative estimate of drug-likeness (QED) is 0.814. The molecule has 3 nitrogen and oxygen atoms in total. The number of ether oxygens (including phenoxy) is 1. The standard InChI is InChI=1S/C12H18N2O/c1-9(15-2)8-14-11-6-5-10-4-3-7-13-12(10)11/h3-4,7,9,11,14H,5-6,8H2,1-2H3. The highest BCUT2D eigenvalue weighted by Gasteiger charge is 2.23. The van der Waals surface area contributed by atoms with Gasteiger partial charge in [-0.3, -0.25) is 4.98 Å². The Bertz CT molecular complexity index is 327. The first kappa shape index (κ1) is 10.6. The molecule has 1 N–H and O–H groups in total. The third-order valence-corrected chi connectivity index (χ3v) is 3.01. The number of aromatic nitrogens is 1. The van der Waals surface area contributed by atoms with Crippen molar-refractivity contribution in [3.63, 3.8) is 0 Å². The van der Waals surface area contributed by atoms with Crippen LogP contribution in [0.1, 0.15) is 30.6 Å². The van der Waals surface area contributed by atoms with Crippen LogP contribution in [0.25, 0.3) is 0 Å². The first-order chi connectivity index (χ1) is 7.31. The smallest absolute Gasteiger partial charge is 0.0667 e. The van der Waals surface area contributed by atoms with Crippen molar-refractivity contribution in [1.82, 2.24) is 10.3 Å². The molecule has 0 spiro atoms. The zero-order chi connectivity index (χ0) is 10.7. The Labute approximate surface area is 90.9 Å². The highest BCUT2D eigenvalue weighted by Crippen LogP contribution is 2.28. The fraction of sp³-hybridized carbons (Fsp3) is 0.583. The van der Waals surface area contributed by atoms with Crippen LogP contribution >= 0.6 is 0 Å². The molecule has 1 aromatic rings. The van der Waals surface area contributed by atoms with E-state index in [0.717, 1.165) is 19.4 Å². The highest BCUT2D eigenvalue weighted by atomic mass is 16.5. The van der Waals surface area contributed by atoms with E-state index in [1.54, 1.807) is 7.11 Å². The summed E-state index contributed by atoms with van der Waals surface area (Å²) in [4.78, 5) is 4.44. The van der Waals surface area contributed by atoms with Crippen LogP contribution in [0.5, 0.6) is 0 Å². The Kier molecular flexibility index (Phi) is 3.34. The predicted molar refractivity (Wildman–Crippen MR) is 59.8 cm³/mol. The van der Waals surface area contributed by atoms with E-state index in [2.05, 4.69) is 23.3 Å². The summed E-state index contributed by atoms with van der Waals surface area (Å²) in [5.74, 6) is 0. The Morgan fingerprint density at radius 1 is 1.67 bits per heavy atom. The van der Waals surface area contributed by atoms with E-state index < -0.39 is 0 Å². The molecule has 82 valence electrons. The lowest BCUT2D eigenvalue weighted by molar-refractivity contribution is 0.114. The van der Waals surface area contributed by atoms with Gasteiger partial charge in [0.2, 0.25) is 0 Å². The topological polar surface area (TPSA) is 34.1 Å². The van der Waals surface area contributed by atoms with Gasteiger partial charge in [0.15, 0.2) is 0 Å². The maximum atomic E-state index is 5.22. The number of rotatable bonds is 4. The van der Waals surface area contributed by atoms with Crippen LogP contribution in [0.15, 0.2) is 18.3 Å². The SMILES string of the molecule is COC(C)CNC1CCc2cccnc21. The molecule has 0 aromatic carbocycles. The van der Waals surface area contributed by atoms with Gasteiger partial charge in [-0.2, -0.15) is 0 Å². The monoisotopic (exact) mass is 206 g/mol. The first-order valence-electron chi connectivity index (χ1n) is 5.51. The molecule has 1 heterocycles. The van der Waals surface area contributed by atoms with Gasteiger partial charge in [-0.15, -0.1) is 0 Å². The van der Waals surface area contributed by atoms with E-state index in [1.165, 1.54) is 11.3 Å². The molecule has 15 heavy (non-hydrogen) atoms. The molecular formula is C12H18N2O. The van der Waals surface area contributed by atoms with E-state index in [-0.39, 0.29) is 6.10 Å². The van der Waals surface area contributed by atoms with Crippen LogP contribution in [-0.4, -0.2) is 24.7 Å². The second-order valence-electron chi connectivity index (χ2n) is 4.09. The number of fused-ring (bicyclic) bond motifs is 1. The molecule has 1 aromatic heterocycles. The molecule has 0 radical (unpaired) electrons.